The number of amides is 3. The number of nitrogens with zero attached hydrogens (tertiary/aromatic N) is 1. The first-order valence-corrected chi connectivity index (χ1v) is 11.0. The number of phenolic OH excluding ortho intramolecular Hbond substituents is 1. The molecule has 33 heavy (non-hydrogen) atoms. The third kappa shape index (κ3) is 8.49. The predicted molar refractivity (Wildman–Crippen MR) is 125 cm³/mol. The lowest BCUT2D eigenvalue weighted by Gasteiger charge is -2.37. The Labute approximate surface area is 199 Å². The smallest absolute Gasteiger partial charge is 0.408 e. The van der Waals surface area contributed by atoms with Gasteiger partial charge in [0.25, 0.3) is 0 Å². The molecular formula is C22H33N3O7S. The number of hydrogen-bond donors (Lipinski definition) is 4. The van der Waals surface area contributed by atoms with Gasteiger partial charge in [0.05, 0.1) is 7.11 Å². The van der Waals surface area contributed by atoms with Gasteiger partial charge in [-0.2, -0.15) is 12.6 Å². The Kier molecular flexibility index (Phi) is 10.5. The predicted octanol–water partition coefficient (Wildman–Crippen LogP) is 1.78. The molecule has 0 heterocycles. The number of esters is 1. The molecule has 11 heteroatoms. The lowest BCUT2D eigenvalue weighted by Crippen LogP contribution is -2.56. The van der Waals surface area contributed by atoms with E-state index in [-0.39, 0.29) is 17.1 Å². The van der Waals surface area contributed by atoms with Crippen LogP contribution >= 0.6 is 12.6 Å². The number of para-hydroxylation sites is 1. The molecule has 0 fully saturated rings. The Bertz CT molecular complexity index is 855. The van der Waals surface area contributed by atoms with Crippen LogP contribution in [0, 0.1) is 0 Å². The Morgan fingerprint density at radius 1 is 1.15 bits per heavy atom. The third-order valence-corrected chi connectivity index (χ3v) is 4.74. The molecule has 0 spiro atoms. The van der Waals surface area contributed by atoms with Crippen molar-refractivity contribution in [3.8, 4) is 5.75 Å². The van der Waals surface area contributed by atoms with Gasteiger partial charge in [0, 0.05) is 17.4 Å². The molecule has 0 aromatic heterocycles. The maximum absolute atomic E-state index is 13.5. The fourth-order valence-corrected chi connectivity index (χ4v) is 3.21. The summed E-state index contributed by atoms with van der Waals surface area (Å²) in [6.07, 6.45) is -0.812. The number of nitrogens with one attached hydrogen (secondary N) is 2. The molecule has 3 N–H and O–H groups in total. The molecule has 1 rings (SSSR count). The van der Waals surface area contributed by atoms with Crippen LogP contribution in [0.5, 0.6) is 5.75 Å². The van der Waals surface area contributed by atoms with Gasteiger partial charge in [-0.1, -0.05) is 18.2 Å². The lowest BCUT2D eigenvalue weighted by atomic mass is 10.0. The average molecular weight is 484 g/mol. The van der Waals surface area contributed by atoms with Crippen LogP contribution in [0.15, 0.2) is 24.3 Å². The monoisotopic (exact) mass is 483 g/mol. The van der Waals surface area contributed by atoms with Crippen molar-refractivity contribution in [2.24, 2.45) is 0 Å². The molecule has 2 atom stereocenters. The molecule has 0 aliphatic rings. The number of phenols is 1. The molecule has 0 bridgehead atoms. The van der Waals surface area contributed by atoms with Crippen LogP contribution in [-0.4, -0.2) is 71.0 Å². The van der Waals surface area contributed by atoms with Crippen LogP contribution in [-0.2, 0) is 23.9 Å². The second-order valence-corrected chi connectivity index (χ2v) is 8.84. The van der Waals surface area contributed by atoms with Crippen LogP contribution in [0.4, 0.5) is 4.79 Å². The second kappa shape index (κ2) is 12.3. The summed E-state index contributed by atoms with van der Waals surface area (Å²) in [5.74, 6) is -2.29. The number of benzene rings is 1. The van der Waals surface area contributed by atoms with E-state index in [2.05, 4.69) is 28.0 Å². The molecule has 0 radical (unpaired) electrons. The van der Waals surface area contributed by atoms with Crippen LogP contribution in [0.2, 0.25) is 0 Å². The number of carbonyl (C=O) groups excluding carboxylic acids is 4. The van der Waals surface area contributed by atoms with Crippen LogP contribution in [0.1, 0.15) is 46.2 Å². The van der Waals surface area contributed by atoms with E-state index in [1.54, 1.807) is 46.8 Å². The van der Waals surface area contributed by atoms with E-state index < -0.39 is 54.1 Å². The maximum atomic E-state index is 13.5. The largest absolute Gasteiger partial charge is 0.508 e. The van der Waals surface area contributed by atoms with Crippen molar-refractivity contribution < 1.29 is 33.8 Å². The number of methoxy groups -OCH3 is 1. The number of ether oxygens (including phenoxy) is 2. The minimum absolute atomic E-state index is 0.0709. The molecule has 0 aliphatic carbocycles. The molecule has 0 saturated heterocycles. The van der Waals surface area contributed by atoms with Gasteiger partial charge in [-0.3, -0.25) is 14.4 Å². The summed E-state index contributed by atoms with van der Waals surface area (Å²) >= 11 is 4.18. The standard InChI is InChI=1S/C22H33N3O7S/c1-13(2)25(20(29)15(12-33)24-21(30)32-22(3,4)5)18(14-9-7-8-10-16(14)26)19(28)23-11-17(27)31-6/h7-10,13,15,18,26,33H,11-12H2,1-6H3,(H,23,28)(H,24,30). The van der Waals surface area contributed by atoms with E-state index in [0.717, 1.165) is 0 Å². The van der Waals surface area contributed by atoms with E-state index in [1.807, 2.05) is 0 Å². The highest BCUT2D eigenvalue weighted by molar-refractivity contribution is 7.80. The SMILES string of the molecule is COC(=O)CNC(=O)C(c1ccccc1O)N(C(=O)C(CS)NC(=O)OC(C)(C)C)C(C)C. The minimum Gasteiger partial charge on any atom is -0.508 e. The van der Waals surface area contributed by atoms with E-state index in [9.17, 15) is 24.3 Å². The second-order valence-electron chi connectivity index (χ2n) is 8.48. The summed E-state index contributed by atoms with van der Waals surface area (Å²) in [6.45, 7) is 7.99. The summed E-state index contributed by atoms with van der Waals surface area (Å²) < 4.78 is 9.77. The minimum atomic E-state index is -1.30. The first-order valence-electron chi connectivity index (χ1n) is 10.4. The number of carbonyl (C=O) groups is 4. The summed E-state index contributed by atoms with van der Waals surface area (Å²) in [6, 6.07) is 3.11. The Hall–Kier alpha value is -2.95. The van der Waals surface area contributed by atoms with Crippen molar-refractivity contribution in [3.63, 3.8) is 0 Å². The Morgan fingerprint density at radius 2 is 1.76 bits per heavy atom. The number of hydrogen-bond acceptors (Lipinski definition) is 8. The summed E-state index contributed by atoms with van der Waals surface area (Å²) in [7, 11) is 1.18. The first kappa shape index (κ1) is 28.1. The summed E-state index contributed by atoms with van der Waals surface area (Å²) in [4.78, 5) is 51.6. The fraction of sp³-hybridized carbons (Fsp3) is 0.545. The normalized spacial score (nSPS) is 13.0. The highest BCUT2D eigenvalue weighted by atomic mass is 32.1. The van der Waals surface area contributed by atoms with E-state index >= 15 is 0 Å². The highest BCUT2D eigenvalue weighted by Crippen LogP contribution is 2.31. The van der Waals surface area contributed by atoms with E-state index in [0.29, 0.717) is 0 Å². The average Bonchev–Trinajstić information content (AvgIpc) is 2.72. The number of thiol groups is 1. The molecular weight excluding hydrogens is 450 g/mol. The van der Waals surface area contributed by atoms with E-state index in [1.165, 1.54) is 24.1 Å². The number of alkyl carbamates (subject to hydrolysis) is 1. The molecule has 0 saturated carbocycles. The zero-order valence-electron chi connectivity index (χ0n) is 19.7. The molecule has 184 valence electrons. The van der Waals surface area contributed by atoms with Gasteiger partial charge < -0.3 is 30.1 Å². The topological polar surface area (TPSA) is 134 Å². The number of aromatic hydroxyl groups is 1. The van der Waals surface area contributed by atoms with Crippen molar-refractivity contribution in [1.82, 2.24) is 15.5 Å². The van der Waals surface area contributed by atoms with Gasteiger partial charge >= 0.3 is 12.1 Å². The highest BCUT2D eigenvalue weighted by Gasteiger charge is 2.38. The van der Waals surface area contributed by atoms with Crippen LogP contribution < -0.4 is 10.6 Å². The van der Waals surface area contributed by atoms with Gasteiger partial charge in [0.15, 0.2) is 0 Å². The fourth-order valence-electron chi connectivity index (χ4n) is 2.96. The van der Waals surface area contributed by atoms with Gasteiger partial charge in [0.1, 0.15) is 30.0 Å². The van der Waals surface area contributed by atoms with Crippen LogP contribution in [0.3, 0.4) is 0 Å². The van der Waals surface area contributed by atoms with Crippen molar-refractivity contribution in [3.05, 3.63) is 29.8 Å². The van der Waals surface area contributed by atoms with Crippen molar-refractivity contribution >= 4 is 36.5 Å². The van der Waals surface area contributed by atoms with Crippen molar-refractivity contribution in [2.45, 2.75) is 58.3 Å². The molecule has 10 nitrogen and oxygen atoms in total. The van der Waals surface area contributed by atoms with Gasteiger partial charge in [-0.25, -0.2) is 4.79 Å². The first-order chi connectivity index (χ1) is 15.3. The lowest BCUT2D eigenvalue weighted by molar-refractivity contribution is -0.145. The Morgan fingerprint density at radius 3 is 2.24 bits per heavy atom. The summed E-state index contributed by atoms with van der Waals surface area (Å²) in [5, 5.41) is 15.3. The molecule has 3 amide bonds. The van der Waals surface area contributed by atoms with Gasteiger partial charge in [0.2, 0.25) is 11.8 Å². The van der Waals surface area contributed by atoms with Gasteiger partial charge in [-0.15, -0.1) is 0 Å². The molecule has 0 aliphatic heterocycles. The van der Waals surface area contributed by atoms with E-state index in [4.69, 9.17) is 4.74 Å². The van der Waals surface area contributed by atoms with Gasteiger partial charge in [-0.05, 0) is 40.7 Å². The van der Waals surface area contributed by atoms with Crippen molar-refractivity contribution in [1.29, 1.82) is 0 Å². The van der Waals surface area contributed by atoms with Crippen molar-refractivity contribution in [2.75, 3.05) is 19.4 Å². The van der Waals surface area contributed by atoms with Crippen LogP contribution in [0.25, 0.3) is 0 Å². The quantitative estimate of drug-likeness (QED) is 0.311. The molecule has 1 aromatic carbocycles. The zero-order valence-corrected chi connectivity index (χ0v) is 20.6. The summed E-state index contributed by atoms with van der Waals surface area (Å²) in [5.41, 5.74) is -0.630. The molecule has 2 unspecified atom stereocenters. The third-order valence-electron chi connectivity index (χ3n) is 4.37. The zero-order chi connectivity index (χ0) is 25.3. The molecule has 1 aromatic rings. The maximum Gasteiger partial charge on any atom is 0.408 e. The Balaban J connectivity index is 3.35. The number of rotatable bonds is 9.